The molecule has 0 saturated carbocycles. The van der Waals surface area contributed by atoms with Gasteiger partial charge >= 0.3 is 0 Å². The highest BCUT2D eigenvalue weighted by Gasteiger charge is 2.32. The Morgan fingerprint density at radius 1 is 1.21 bits per heavy atom. The van der Waals surface area contributed by atoms with Crippen molar-refractivity contribution in [2.75, 3.05) is 19.6 Å². The fourth-order valence-electron chi connectivity index (χ4n) is 2.96. The molecule has 1 aliphatic heterocycles. The van der Waals surface area contributed by atoms with Crippen LogP contribution >= 0.6 is 0 Å². The van der Waals surface area contributed by atoms with E-state index in [9.17, 15) is 0 Å². The molecule has 1 rings (SSSR count). The average Bonchev–Trinajstić information content (AvgIpc) is 2.27. The van der Waals surface area contributed by atoms with Gasteiger partial charge < -0.3 is 5.32 Å². The second kappa shape index (κ2) is 7.08. The molecule has 2 atom stereocenters. The van der Waals surface area contributed by atoms with Gasteiger partial charge in [0.15, 0.2) is 0 Å². The molecule has 0 radical (unpaired) electrons. The highest BCUT2D eigenvalue weighted by atomic mass is 15.2. The van der Waals surface area contributed by atoms with Crippen molar-refractivity contribution in [1.29, 1.82) is 0 Å². The van der Waals surface area contributed by atoms with Crippen molar-refractivity contribution in [2.24, 2.45) is 17.3 Å². The van der Waals surface area contributed by atoms with Crippen LogP contribution in [0.1, 0.15) is 61.3 Å². The van der Waals surface area contributed by atoms with Gasteiger partial charge in [0.1, 0.15) is 0 Å². The van der Waals surface area contributed by atoms with E-state index in [0.29, 0.717) is 11.5 Å². The molecular formula is C17H36N2. The van der Waals surface area contributed by atoms with E-state index in [1.165, 1.54) is 32.5 Å². The molecular weight excluding hydrogens is 232 g/mol. The van der Waals surface area contributed by atoms with Crippen molar-refractivity contribution in [3.05, 3.63) is 0 Å². The topological polar surface area (TPSA) is 15.3 Å². The number of hydrogen-bond donors (Lipinski definition) is 1. The van der Waals surface area contributed by atoms with Crippen molar-refractivity contribution in [2.45, 2.75) is 73.4 Å². The van der Waals surface area contributed by atoms with Gasteiger partial charge in [-0.15, -0.1) is 0 Å². The van der Waals surface area contributed by atoms with Gasteiger partial charge in [-0.25, -0.2) is 0 Å². The van der Waals surface area contributed by atoms with Crippen molar-refractivity contribution in [3.8, 4) is 0 Å². The van der Waals surface area contributed by atoms with Crippen LogP contribution in [0.25, 0.3) is 0 Å². The van der Waals surface area contributed by atoms with Gasteiger partial charge in [-0.05, 0) is 30.1 Å². The van der Waals surface area contributed by atoms with Gasteiger partial charge in [-0.3, -0.25) is 4.90 Å². The van der Waals surface area contributed by atoms with Gasteiger partial charge in [-0.1, -0.05) is 48.5 Å². The van der Waals surface area contributed by atoms with Crippen molar-refractivity contribution < 1.29 is 0 Å². The summed E-state index contributed by atoms with van der Waals surface area (Å²) < 4.78 is 0. The number of hydrogen-bond acceptors (Lipinski definition) is 2. The minimum absolute atomic E-state index is 0.410. The molecule has 2 heteroatoms. The van der Waals surface area contributed by atoms with E-state index in [1.54, 1.807) is 0 Å². The van der Waals surface area contributed by atoms with Gasteiger partial charge in [-0.2, -0.15) is 0 Å². The summed E-state index contributed by atoms with van der Waals surface area (Å²) in [6.45, 7) is 20.2. The standard InChI is InChI=1S/C17H36N2/c1-8-16-10-18-15(9-13(2)3)11-19(16)12-17(6,7)14(4)5/h13-16,18H,8-12H2,1-7H3. The molecule has 0 aromatic heterocycles. The molecule has 0 aromatic carbocycles. The lowest BCUT2D eigenvalue weighted by molar-refractivity contribution is 0.0582. The first-order chi connectivity index (χ1) is 8.76. The Hall–Kier alpha value is -0.0800. The molecule has 1 N–H and O–H groups in total. The quantitative estimate of drug-likeness (QED) is 0.789. The largest absolute Gasteiger partial charge is 0.311 e. The number of piperazine rings is 1. The minimum Gasteiger partial charge on any atom is -0.311 e. The minimum atomic E-state index is 0.410. The zero-order valence-electron chi connectivity index (χ0n) is 14.3. The van der Waals surface area contributed by atoms with Crippen LogP contribution in [-0.4, -0.2) is 36.6 Å². The summed E-state index contributed by atoms with van der Waals surface area (Å²) in [6.07, 6.45) is 2.56. The molecule has 1 aliphatic rings. The maximum Gasteiger partial charge on any atom is 0.0219 e. The Balaban J connectivity index is 2.64. The molecule has 0 amide bonds. The van der Waals surface area contributed by atoms with Gasteiger partial charge in [0, 0.05) is 31.7 Å². The lowest BCUT2D eigenvalue weighted by Gasteiger charge is -2.45. The predicted octanol–water partition coefficient (Wildman–Crippen LogP) is 3.77. The molecule has 1 saturated heterocycles. The first-order valence-electron chi connectivity index (χ1n) is 8.23. The summed E-state index contributed by atoms with van der Waals surface area (Å²) >= 11 is 0. The van der Waals surface area contributed by atoms with E-state index in [0.717, 1.165) is 17.9 Å². The predicted molar refractivity (Wildman–Crippen MR) is 85.5 cm³/mol. The molecule has 1 fully saturated rings. The van der Waals surface area contributed by atoms with Gasteiger partial charge in [0.05, 0.1) is 0 Å². The summed E-state index contributed by atoms with van der Waals surface area (Å²) in [7, 11) is 0. The van der Waals surface area contributed by atoms with Crippen molar-refractivity contribution in [1.82, 2.24) is 10.2 Å². The van der Waals surface area contributed by atoms with Crippen molar-refractivity contribution in [3.63, 3.8) is 0 Å². The van der Waals surface area contributed by atoms with E-state index in [-0.39, 0.29) is 0 Å². The molecule has 114 valence electrons. The fourth-order valence-corrected chi connectivity index (χ4v) is 2.96. The number of rotatable bonds is 6. The van der Waals surface area contributed by atoms with E-state index in [1.807, 2.05) is 0 Å². The third kappa shape index (κ3) is 5.07. The maximum absolute atomic E-state index is 3.75. The Morgan fingerprint density at radius 2 is 1.84 bits per heavy atom. The van der Waals surface area contributed by atoms with Crippen LogP contribution in [0.3, 0.4) is 0 Å². The summed E-state index contributed by atoms with van der Waals surface area (Å²) in [6, 6.07) is 1.41. The third-order valence-corrected chi connectivity index (χ3v) is 5.01. The normalized spacial score (nSPS) is 26.4. The van der Waals surface area contributed by atoms with E-state index in [4.69, 9.17) is 0 Å². The lowest BCUT2D eigenvalue weighted by Crippen LogP contribution is -2.58. The van der Waals surface area contributed by atoms with E-state index >= 15 is 0 Å². The Kier molecular flexibility index (Phi) is 6.32. The first-order valence-corrected chi connectivity index (χ1v) is 8.23. The van der Waals surface area contributed by atoms with Crippen LogP contribution < -0.4 is 5.32 Å². The van der Waals surface area contributed by atoms with Crippen LogP contribution in [0.15, 0.2) is 0 Å². The van der Waals surface area contributed by atoms with Crippen molar-refractivity contribution >= 4 is 0 Å². The summed E-state index contributed by atoms with van der Waals surface area (Å²) in [4.78, 5) is 2.75. The number of nitrogens with zero attached hydrogens (tertiary/aromatic N) is 1. The Morgan fingerprint density at radius 3 is 2.32 bits per heavy atom. The maximum atomic E-state index is 3.75. The highest BCUT2D eigenvalue weighted by Crippen LogP contribution is 2.29. The molecule has 2 unspecified atom stereocenters. The van der Waals surface area contributed by atoms with E-state index in [2.05, 4.69) is 58.7 Å². The summed E-state index contributed by atoms with van der Waals surface area (Å²) in [5, 5.41) is 3.75. The Bertz CT molecular complexity index is 258. The molecule has 0 bridgehead atoms. The second-order valence-corrected chi connectivity index (χ2v) is 7.87. The molecule has 19 heavy (non-hydrogen) atoms. The molecule has 0 aromatic rings. The Labute approximate surface area is 121 Å². The lowest BCUT2D eigenvalue weighted by atomic mass is 9.80. The smallest absolute Gasteiger partial charge is 0.0219 e. The monoisotopic (exact) mass is 268 g/mol. The third-order valence-electron chi connectivity index (χ3n) is 5.01. The second-order valence-electron chi connectivity index (χ2n) is 7.87. The van der Waals surface area contributed by atoms with E-state index < -0.39 is 0 Å². The average molecular weight is 268 g/mol. The van der Waals surface area contributed by atoms with Crippen LogP contribution in [-0.2, 0) is 0 Å². The van der Waals surface area contributed by atoms with Crippen LogP contribution in [0.4, 0.5) is 0 Å². The summed E-state index contributed by atoms with van der Waals surface area (Å²) in [5.74, 6) is 1.53. The first kappa shape index (κ1) is 17.0. The van der Waals surface area contributed by atoms with Crippen LogP contribution in [0.2, 0.25) is 0 Å². The zero-order valence-corrected chi connectivity index (χ0v) is 14.3. The zero-order chi connectivity index (χ0) is 14.6. The SMILES string of the molecule is CCC1CNC(CC(C)C)CN1CC(C)(C)C(C)C. The molecule has 2 nitrogen and oxygen atoms in total. The highest BCUT2D eigenvalue weighted by molar-refractivity contribution is 4.89. The molecule has 0 spiro atoms. The van der Waals surface area contributed by atoms with Gasteiger partial charge in [0.2, 0.25) is 0 Å². The van der Waals surface area contributed by atoms with Crippen LogP contribution in [0, 0.1) is 17.3 Å². The van der Waals surface area contributed by atoms with Gasteiger partial charge in [0.25, 0.3) is 0 Å². The fraction of sp³-hybridized carbons (Fsp3) is 1.00. The number of nitrogens with one attached hydrogen (secondary N) is 1. The molecule has 1 heterocycles. The summed E-state index contributed by atoms with van der Waals surface area (Å²) in [5.41, 5.74) is 0.410. The molecule has 0 aliphatic carbocycles. The van der Waals surface area contributed by atoms with Crippen LogP contribution in [0.5, 0.6) is 0 Å².